The number of nitrogens with one attached hydrogen (secondary N) is 2. The summed E-state index contributed by atoms with van der Waals surface area (Å²) in [5.74, 6) is 0.0238. The highest BCUT2D eigenvalue weighted by atomic mass is 16.3. The van der Waals surface area contributed by atoms with Gasteiger partial charge in [0, 0.05) is 48.2 Å². The number of carbonyl (C=O) groups is 3. The van der Waals surface area contributed by atoms with E-state index in [-0.39, 0.29) is 27.1 Å². The van der Waals surface area contributed by atoms with Crippen LogP contribution in [0.2, 0.25) is 0 Å². The molecule has 120 valence electrons. The number of hydrogen-bond acceptors (Lipinski definition) is 4. The van der Waals surface area contributed by atoms with Crippen LogP contribution in [0.3, 0.4) is 0 Å². The molecule has 0 aromatic carbocycles. The third-order valence-electron chi connectivity index (χ3n) is 2.81. The molecular weight excluding hydrogens is 260 g/mol. The fourth-order valence-electron chi connectivity index (χ4n) is 1.58. The maximum absolute atomic E-state index is 11.4. The highest BCUT2D eigenvalue weighted by molar-refractivity contribution is 5.79. The lowest BCUT2D eigenvalue weighted by molar-refractivity contribution is -0.123. The van der Waals surface area contributed by atoms with Crippen molar-refractivity contribution < 1.29 is 22.3 Å². The summed E-state index contributed by atoms with van der Waals surface area (Å²) in [5, 5.41) is 13.9. The summed E-state index contributed by atoms with van der Waals surface area (Å²) in [6.07, 6.45) is 3.39. The zero-order valence-electron chi connectivity index (χ0n) is 12.2. The van der Waals surface area contributed by atoms with Gasteiger partial charge in [-0.2, -0.15) is 0 Å². The van der Waals surface area contributed by atoms with Gasteiger partial charge in [0.05, 0.1) is 0 Å². The Kier molecular flexibility index (Phi) is 11.7. The number of ketones is 1. The molecule has 0 saturated carbocycles. The van der Waals surface area contributed by atoms with Crippen molar-refractivity contribution in [3.05, 3.63) is 0 Å². The molecule has 0 aliphatic heterocycles. The van der Waals surface area contributed by atoms with Gasteiger partial charge in [0.15, 0.2) is 0 Å². The number of aliphatic hydroxyl groups is 1. The number of amides is 2. The second-order valence-corrected chi connectivity index (χ2v) is 4.63. The van der Waals surface area contributed by atoms with Gasteiger partial charge in [0.2, 0.25) is 11.8 Å². The maximum Gasteiger partial charge on any atom is 0.220 e. The predicted molar refractivity (Wildman–Crippen MR) is 80.3 cm³/mol. The molecule has 3 N–H and O–H groups in total. The molecule has 0 radical (unpaired) electrons. The van der Waals surface area contributed by atoms with E-state index < -0.39 is 0 Å². The van der Waals surface area contributed by atoms with Crippen LogP contribution in [0, 0.1) is 0 Å². The first-order chi connectivity index (χ1) is 9.60. The molecule has 2 amide bonds. The number of Topliss-reactive ketones (excluding diaryl/α,β-unsaturated/α-hetero) is 1. The molecule has 0 bridgehead atoms. The summed E-state index contributed by atoms with van der Waals surface area (Å²) < 4.78 is 0. The summed E-state index contributed by atoms with van der Waals surface area (Å²) in [5.41, 5.74) is 0. The van der Waals surface area contributed by atoms with Crippen molar-refractivity contribution >= 4 is 17.6 Å². The summed E-state index contributed by atoms with van der Waals surface area (Å²) in [7, 11) is 0. The lowest BCUT2D eigenvalue weighted by Gasteiger charge is -2.05. The molecule has 0 saturated heterocycles. The molecule has 20 heavy (non-hydrogen) atoms. The third-order valence-corrected chi connectivity index (χ3v) is 2.81. The second kappa shape index (κ2) is 12.6. The van der Waals surface area contributed by atoms with Crippen LogP contribution in [-0.2, 0) is 14.4 Å². The van der Waals surface area contributed by atoms with Crippen LogP contribution in [0.15, 0.2) is 0 Å². The Hall–Kier alpha value is -1.43. The van der Waals surface area contributed by atoms with Crippen LogP contribution in [-0.4, -0.2) is 42.4 Å². The molecular formula is C14H30N2O4. The van der Waals surface area contributed by atoms with Crippen LogP contribution in [0.25, 0.3) is 0 Å². The largest absolute Gasteiger partial charge is 0.396 e. The van der Waals surface area contributed by atoms with Gasteiger partial charge in [-0.1, -0.05) is 6.92 Å². The van der Waals surface area contributed by atoms with Crippen LogP contribution >= 0.6 is 0 Å². The summed E-state index contributed by atoms with van der Waals surface area (Å²) in [4.78, 5) is 33.8. The van der Waals surface area contributed by atoms with Crippen LogP contribution in [0.1, 0.15) is 54.7 Å². The van der Waals surface area contributed by atoms with Crippen LogP contribution < -0.4 is 10.6 Å². The van der Waals surface area contributed by atoms with Gasteiger partial charge < -0.3 is 15.7 Å². The Morgan fingerprint density at radius 1 is 0.900 bits per heavy atom. The highest BCUT2D eigenvalue weighted by Crippen LogP contribution is 1.97. The highest BCUT2D eigenvalue weighted by Gasteiger charge is 2.05. The molecule has 0 aromatic rings. The maximum atomic E-state index is 11.4. The number of carbonyl (C=O) groups excluding carboxylic acids is 3. The van der Waals surface area contributed by atoms with E-state index in [1.807, 2.05) is 6.92 Å². The summed E-state index contributed by atoms with van der Waals surface area (Å²) in [6, 6.07) is 0. The van der Waals surface area contributed by atoms with E-state index >= 15 is 0 Å². The van der Waals surface area contributed by atoms with Gasteiger partial charge in [-0.15, -0.1) is 0 Å². The average molecular weight is 290 g/mol. The molecule has 6 heteroatoms. The molecule has 0 aliphatic carbocycles. The Labute approximate surface area is 123 Å². The van der Waals surface area contributed by atoms with E-state index in [1.165, 1.54) is 0 Å². The minimum Gasteiger partial charge on any atom is -0.396 e. The first kappa shape index (κ1) is 18.6. The van der Waals surface area contributed by atoms with Crippen molar-refractivity contribution in [1.82, 2.24) is 10.6 Å². The molecule has 0 rings (SSSR count). The first-order valence-corrected chi connectivity index (χ1v) is 7.26. The fourth-order valence-corrected chi connectivity index (χ4v) is 1.58. The van der Waals surface area contributed by atoms with E-state index in [0.717, 1.165) is 0 Å². The van der Waals surface area contributed by atoms with Gasteiger partial charge in [-0.05, 0) is 19.3 Å². The smallest absolute Gasteiger partial charge is 0.220 e. The van der Waals surface area contributed by atoms with Crippen molar-refractivity contribution in [2.24, 2.45) is 0 Å². The Balaban J connectivity index is -0.00000180. The third kappa shape index (κ3) is 11.6. The number of aliphatic hydroxyl groups excluding tert-OH is 1. The van der Waals surface area contributed by atoms with Gasteiger partial charge in [-0.3, -0.25) is 14.4 Å². The van der Waals surface area contributed by atoms with Crippen molar-refractivity contribution in [3.8, 4) is 0 Å². The summed E-state index contributed by atoms with van der Waals surface area (Å²) >= 11 is 0. The van der Waals surface area contributed by atoms with Crippen molar-refractivity contribution in [2.75, 3.05) is 19.7 Å². The SMILES string of the molecule is CCC(=O)CCCNC(=O)CCCC(=O)NCCCO.[HH].[HH]. The number of hydrogen-bond donors (Lipinski definition) is 3. The average Bonchev–Trinajstić information content (AvgIpc) is 2.43. The Morgan fingerprint density at radius 3 is 1.95 bits per heavy atom. The zero-order valence-corrected chi connectivity index (χ0v) is 12.2. The minimum atomic E-state index is -0.0974. The molecule has 6 nitrogen and oxygen atoms in total. The van der Waals surface area contributed by atoms with E-state index in [4.69, 9.17) is 5.11 Å². The van der Waals surface area contributed by atoms with Gasteiger partial charge in [0.25, 0.3) is 0 Å². The van der Waals surface area contributed by atoms with E-state index in [9.17, 15) is 14.4 Å². The second-order valence-electron chi connectivity index (χ2n) is 4.63. The quantitative estimate of drug-likeness (QED) is 0.468. The van der Waals surface area contributed by atoms with Crippen LogP contribution in [0.5, 0.6) is 0 Å². The van der Waals surface area contributed by atoms with E-state index in [0.29, 0.717) is 58.0 Å². The van der Waals surface area contributed by atoms with Gasteiger partial charge in [0.1, 0.15) is 5.78 Å². The van der Waals surface area contributed by atoms with Crippen molar-refractivity contribution in [3.63, 3.8) is 0 Å². The molecule has 0 fully saturated rings. The topological polar surface area (TPSA) is 95.5 Å². The van der Waals surface area contributed by atoms with Gasteiger partial charge in [-0.25, -0.2) is 0 Å². The van der Waals surface area contributed by atoms with Crippen LogP contribution in [0.4, 0.5) is 0 Å². The predicted octanol–water partition coefficient (Wildman–Crippen LogP) is 1.02. The fraction of sp³-hybridized carbons (Fsp3) is 0.786. The van der Waals surface area contributed by atoms with Gasteiger partial charge >= 0.3 is 0 Å². The normalized spacial score (nSPS) is 10.1. The zero-order chi connectivity index (χ0) is 15.2. The minimum absolute atomic E-state index is 0. The Morgan fingerprint density at radius 2 is 1.45 bits per heavy atom. The molecule has 0 aliphatic rings. The molecule has 0 aromatic heterocycles. The number of rotatable bonds is 12. The van der Waals surface area contributed by atoms with Crippen molar-refractivity contribution in [1.29, 1.82) is 0 Å². The monoisotopic (exact) mass is 290 g/mol. The van der Waals surface area contributed by atoms with E-state index in [1.54, 1.807) is 0 Å². The molecule has 0 spiro atoms. The lowest BCUT2D eigenvalue weighted by Crippen LogP contribution is -2.27. The Bertz CT molecular complexity index is 315. The standard InChI is InChI=1S/C14H26N2O4.2H2/c1-2-12(18)6-4-9-15-13(19)7-3-8-14(20)16-10-5-11-17;;/h17H,2-11H2,1H3,(H,15,19)(H,16,20);2*1H. The first-order valence-electron chi connectivity index (χ1n) is 7.26. The van der Waals surface area contributed by atoms with E-state index in [2.05, 4.69) is 10.6 Å². The lowest BCUT2D eigenvalue weighted by atomic mass is 10.2. The summed E-state index contributed by atoms with van der Waals surface area (Å²) in [6.45, 7) is 2.86. The van der Waals surface area contributed by atoms with Crippen molar-refractivity contribution in [2.45, 2.75) is 51.9 Å². The molecule has 0 unspecified atom stereocenters. The molecule has 0 atom stereocenters. The molecule has 0 heterocycles.